The molecule has 0 amide bonds. The largest absolute Gasteiger partial charge is 0.600 e. The molecule has 1 unspecified atom stereocenters. The average Bonchev–Trinajstić information content (AvgIpc) is 2.77. The molecular weight excluding hydrogens is 358 g/mol. The second kappa shape index (κ2) is 6.62. The highest BCUT2D eigenvalue weighted by atomic mass is 32.2. The van der Waals surface area contributed by atoms with Gasteiger partial charge in [-0.1, -0.05) is 32.9 Å². The quantitative estimate of drug-likeness (QED) is 0.498. The Bertz CT molecular complexity index is 722. The maximum absolute atomic E-state index is 13.2. The Hall–Kier alpha value is -1.77. The Labute approximate surface area is 136 Å². The van der Waals surface area contributed by atoms with Crippen molar-refractivity contribution in [1.29, 1.82) is 0 Å². The number of hydrogen-bond donors (Lipinski definition) is 0. The Balaban J connectivity index is 0.000000351. The van der Waals surface area contributed by atoms with E-state index in [0.29, 0.717) is 15.0 Å². The molecule has 1 aromatic carbocycles. The Morgan fingerprint density at radius 2 is 1.46 bits per heavy atom. The molecule has 1 aromatic heterocycles. The third-order valence-electron chi connectivity index (χ3n) is 2.85. The molecule has 2 nitrogen and oxygen atoms in total. The summed E-state index contributed by atoms with van der Waals surface area (Å²) in [6.07, 6.45) is -5.19. The van der Waals surface area contributed by atoms with Crippen LogP contribution in [0.5, 0.6) is 0 Å². The van der Waals surface area contributed by atoms with Crippen molar-refractivity contribution in [2.24, 2.45) is 0 Å². The van der Waals surface area contributed by atoms with Gasteiger partial charge in [0.15, 0.2) is 9.58 Å². The van der Waals surface area contributed by atoms with Gasteiger partial charge in [0.1, 0.15) is 5.97 Å². The first kappa shape index (κ1) is 20.3. The molecule has 0 bridgehead atoms. The highest BCUT2D eigenvalue weighted by molar-refractivity contribution is 7.38. The van der Waals surface area contributed by atoms with Crippen LogP contribution in [0.2, 0.25) is 0 Å². The van der Waals surface area contributed by atoms with Crippen molar-refractivity contribution in [3.05, 3.63) is 35.2 Å². The van der Waals surface area contributed by atoms with Crippen LogP contribution in [-0.2, 0) is 15.7 Å². The summed E-state index contributed by atoms with van der Waals surface area (Å²) in [4.78, 5) is 9.26. The maximum Gasteiger partial charge on any atom is 0.600 e. The Kier molecular flexibility index (Phi) is 5.59. The van der Waals surface area contributed by atoms with Crippen LogP contribution in [0, 0.1) is 0 Å². The zero-order valence-corrected chi connectivity index (χ0v) is 13.7. The van der Waals surface area contributed by atoms with Gasteiger partial charge in [0, 0.05) is 16.9 Å². The summed E-state index contributed by atoms with van der Waals surface area (Å²) < 4.78 is 71.5. The van der Waals surface area contributed by atoms with E-state index in [-0.39, 0.29) is 0 Å². The average molecular weight is 372 g/mol. The number of thiophene rings is 1. The first-order chi connectivity index (χ1) is 10.7. The number of aliphatic carboxylic acids is 1. The number of rotatable bonds is 0. The molecule has 1 atom stereocenters. The zero-order valence-electron chi connectivity index (χ0n) is 12.9. The van der Waals surface area contributed by atoms with Crippen LogP contribution >= 0.6 is 10.5 Å². The van der Waals surface area contributed by atoms with Gasteiger partial charge in [-0.3, -0.25) is 0 Å². The van der Waals surface area contributed by atoms with Crippen molar-refractivity contribution in [3.8, 4) is 0 Å². The van der Waals surface area contributed by atoms with Crippen LogP contribution < -0.4 is 5.11 Å². The first-order valence-corrected chi connectivity index (χ1v) is 7.78. The number of hydrogen-bond acceptors (Lipinski definition) is 2. The molecule has 0 saturated carbocycles. The Morgan fingerprint density at radius 3 is 1.83 bits per heavy atom. The van der Waals surface area contributed by atoms with Crippen LogP contribution in [0.15, 0.2) is 30.3 Å². The van der Waals surface area contributed by atoms with Gasteiger partial charge in [-0.2, -0.15) is 13.2 Å². The second-order valence-electron chi connectivity index (χ2n) is 5.83. The molecule has 0 aliphatic heterocycles. The van der Waals surface area contributed by atoms with Crippen molar-refractivity contribution in [2.75, 3.05) is 0 Å². The van der Waals surface area contributed by atoms with E-state index in [4.69, 9.17) is 9.90 Å². The van der Waals surface area contributed by atoms with E-state index in [1.54, 1.807) is 30.3 Å². The molecule has 1 heterocycles. The summed E-state index contributed by atoms with van der Waals surface area (Å²) >= 11 is 0. The van der Waals surface area contributed by atoms with Crippen LogP contribution in [0.25, 0.3) is 10.1 Å². The van der Waals surface area contributed by atoms with Gasteiger partial charge in [-0.15, -0.1) is 13.2 Å². The molecule has 134 valence electrons. The lowest BCUT2D eigenvalue weighted by Crippen LogP contribution is -2.37. The third-order valence-corrected chi connectivity index (χ3v) is 5.29. The minimum Gasteiger partial charge on any atom is -0.542 e. The molecule has 2 aromatic rings. The molecule has 0 N–H and O–H groups in total. The molecule has 2 rings (SSSR count). The highest BCUT2D eigenvalue weighted by Gasteiger charge is 2.50. The number of fused-ring (bicyclic) bond motifs is 1. The highest BCUT2D eigenvalue weighted by Crippen LogP contribution is 2.53. The molecular formula is C15H14F6O2S. The molecule has 0 spiro atoms. The number of carbonyl (C=O) groups excluding carboxylic acids is 1. The van der Waals surface area contributed by atoms with E-state index >= 15 is 0 Å². The summed E-state index contributed by atoms with van der Waals surface area (Å²) in [6.45, 7) is 5.49. The van der Waals surface area contributed by atoms with E-state index in [0.717, 1.165) is 0 Å². The van der Waals surface area contributed by atoms with Crippen molar-refractivity contribution in [3.63, 3.8) is 0 Å². The van der Waals surface area contributed by atoms with Crippen molar-refractivity contribution < 1.29 is 36.2 Å². The fourth-order valence-electron chi connectivity index (χ4n) is 1.88. The summed E-state index contributed by atoms with van der Waals surface area (Å²) in [7, 11) is -1.77. The number of carboxylic acid groups (broad SMARTS) is 1. The summed E-state index contributed by atoms with van der Waals surface area (Å²) in [5.41, 5.74) is -4.65. The lowest BCUT2D eigenvalue weighted by Gasteiger charge is -2.13. The molecule has 0 saturated heterocycles. The predicted octanol–water partition coefficient (Wildman–Crippen LogP) is 4.66. The number of carboxylic acids is 1. The number of benzene rings is 1. The molecule has 24 heavy (non-hydrogen) atoms. The van der Waals surface area contributed by atoms with Gasteiger partial charge in [-0.05, 0) is 12.1 Å². The monoisotopic (exact) mass is 372 g/mol. The minimum absolute atomic E-state index is 0.407. The molecule has 0 radical (unpaired) electrons. The maximum atomic E-state index is 13.2. The van der Waals surface area contributed by atoms with Gasteiger partial charge in [0.25, 0.3) is 0 Å². The first-order valence-electron chi connectivity index (χ1n) is 6.56. The molecule has 9 heteroatoms. The SMILES string of the molecule is CC(C)(C)c1cc2ccccc2[s+]1C(F)(F)F.O=C([O-])C(F)(F)F. The van der Waals surface area contributed by atoms with Crippen molar-refractivity contribution in [2.45, 2.75) is 37.9 Å². The van der Waals surface area contributed by atoms with Crippen LogP contribution in [-0.4, -0.2) is 12.1 Å². The van der Waals surface area contributed by atoms with Gasteiger partial charge in [0.05, 0.1) is 10.5 Å². The van der Waals surface area contributed by atoms with E-state index < -0.39 is 33.5 Å². The molecule has 0 aliphatic rings. The number of alkyl halides is 6. The van der Waals surface area contributed by atoms with Crippen LogP contribution in [0.4, 0.5) is 26.3 Å². The summed E-state index contributed by atoms with van der Waals surface area (Å²) in [5, 5.41) is 9.49. The Morgan fingerprint density at radius 1 is 1.00 bits per heavy atom. The zero-order chi connectivity index (χ0) is 18.9. The summed E-state index contributed by atoms with van der Waals surface area (Å²) in [5.74, 6) is -3.01. The van der Waals surface area contributed by atoms with Gasteiger partial charge < -0.3 is 9.90 Å². The minimum atomic E-state index is -5.19. The van der Waals surface area contributed by atoms with E-state index in [9.17, 15) is 26.3 Å². The van der Waals surface area contributed by atoms with Crippen molar-refractivity contribution >= 4 is 26.5 Å². The van der Waals surface area contributed by atoms with Gasteiger partial charge in [-0.25, -0.2) is 0 Å². The predicted molar refractivity (Wildman–Crippen MR) is 77.5 cm³/mol. The van der Waals surface area contributed by atoms with E-state index in [1.165, 1.54) is 0 Å². The lowest BCUT2D eigenvalue weighted by molar-refractivity contribution is -0.344. The molecule has 0 fully saturated rings. The van der Waals surface area contributed by atoms with E-state index in [1.807, 2.05) is 20.8 Å². The normalized spacial score (nSPS) is 13.5. The van der Waals surface area contributed by atoms with E-state index in [2.05, 4.69) is 0 Å². The molecule has 0 aliphatic carbocycles. The lowest BCUT2D eigenvalue weighted by atomic mass is 9.94. The standard InChI is InChI=1S/C13H14F3S.C2HF3O2/c1-12(2,3)11-8-9-6-4-5-7-10(9)17(11)13(14,15)16;3-2(4,5)1(6)7/h4-8H,1-3H3;(H,6,7)/q+1;/p-1. The smallest absolute Gasteiger partial charge is 0.542 e. The van der Waals surface area contributed by atoms with Crippen molar-refractivity contribution in [1.82, 2.24) is 0 Å². The van der Waals surface area contributed by atoms with Gasteiger partial charge in [0.2, 0.25) is 0 Å². The van der Waals surface area contributed by atoms with Crippen LogP contribution in [0.1, 0.15) is 25.6 Å². The fraction of sp³-hybridized carbons (Fsp3) is 0.400. The topological polar surface area (TPSA) is 40.1 Å². The number of halogens is 6. The van der Waals surface area contributed by atoms with Gasteiger partial charge >= 0.3 is 11.7 Å². The summed E-state index contributed by atoms with van der Waals surface area (Å²) in [6, 6.07) is 8.48. The number of carbonyl (C=O) groups is 1. The van der Waals surface area contributed by atoms with Crippen LogP contribution in [0.3, 0.4) is 0 Å². The second-order valence-corrected chi connectivity index (χ2v) is 7.79. The third kappa shape index (κ3) is 4.86. The fourth-order valence-corrected chi connectivity index (χ4v) is 4.05.